The molecule has 0 saturated heterocycles. The molecule has 0 bridgehead atoms. The number of sulfonamides is 1. The van der Waals surface area contributed by atoms with E-state index >= 15 is 0 Å². The Morgan fingerprint density at radius 1 is 1.18 bits per heavy atom. The third-order valence-corrected chi connectivity index (χ3v) is 5.88. The molecule has 0 unspecified atom stereocenters. The molecule has 22 heavy (non-hydrogen) atoms. The second kappa shape index (κ2) is 7.29. The van der Waals surface area contributed by atoms with Gasteiger partial charge in [-0.2, -0.15) is 4.31 Å². The summed E-state index contributed by atoms with van der Waals surface area (Å²) in [5.41, 5.74) is 0.987. The highest BCUT2D eigenvalue weighted by molar-refractivity contribution is 7.89. The molecule has 4 nitrogen and oxygen atoms in total. The largest absolute Gasteiger partial charge is 0.488 e. The van der Waals surface area contributed by atoms with Crippen LogP contribution in [0, 0.1) is 6.92 Å². The van der Waals surface area contributed by atoms with Crippen molar-refractivity contribution in [1.29, 1.82) is 0 Å². The summed E-state index contributed by atoms with van der Waals surface area (Å²) < 4.78 is 33.3. The van der Waals surface area contributed by atoms with Gasteiger partial charge in [-0.1, -0.05) is 18.2 Å². The zero-order valence-electron chi connectivity index (χ0n) is 13.6. The summed E-state index contributed by atoms with van der Waals surface area (Å²) in [6, 6.07) is 5.20. The normalized spacial score (nSPS) is 21.3. The molecule has 0 fully saturated rings. The molecule has 0 aliphatic carbocycles. The number of aryl methyl sites for hydroxylation is 1. The molecule has 1 heterocycles. The highest BCUT2D eigenvalue weighted by Crippen LogP contribution is 2.29. The molecular weight excluding hydrogens is 298 g/mol. The predicted octanol–water partition coefficient (Wildman–Crippen LogP) is 3.51. The summed E-state index contributed by atoms with van der Waals surface area (Å²) in [5.74, 6) is 0.441. The third kappa shape index (κ3) is 3.90. The minimum atomic E-state index is -3.54. The van der Waals surface area contributed by atoms with Crippen molar-refractivity contribution in [2.45, 2.75) is 51.0 Å². The van der Waals surface area contributed by atoms with Crippen molar-refractivity contribution in [2.75, 3.05) is 13.2 Å². The third-order valence-electron chi connectivity index (χ3n) is 3.76. The van der Waals surface area contributed by atoms with E-state index in [1.807, 2.05) is 32.9 Å². The standard InChI is InChI=1S/C17H25NO3S/c1-14(2)18-11-7-5-4-6-8-12-21-16-13-15(3)9-10-17(16)22(18,19)20/h6,8-10,13-14H,4-5,7,11-12H2,1-3H3/b8-6+. The maximum atomic E-state index is 13.0. The second-order valence-corrected chi connectivity index (χ2v) is 7.80. The summed E-state index contributed by atoms with van der Waals surface area (Å²) in [7, 11) is -3.54. The first kappa shape index (κ1) is 17.0. The molecule has 1 aromatic rings. The lowest BCUT2D eigenvalue weighted by Crippen LogP contribution is -2.38. The fourth-order valence-electron chi connectivity index (χ4n) is 2.58. The van der Waals surface area contributed by atoms with E-state index in [0.29, 0.717) is 18.9 Å². The van der Waals surface area contributed by atoms with E-state index in [1.54, 1.807) is 16.4 Å². The Morgan fingerprint density at radius 3 is 2.68 bits per heavy atom. The Bertz CT molecular complexity index is 635. The van der Waals surface area contributed by atoms with Gasteiger partial charge in [-0.05, 0) is 57.7 Å². The maximum absolute atomic E-state index is 13.0. The van der Waals surface area contributed by atoms with Crippen LogP contribution in [-0.2, 0) is 10.0 Å². The zero-order valence-corrected chi connectivity index (χ0v) is 14.4. The lowest BCUT2D eigenvalue weighted by atomic mass is 10.2. The number of rotatable bonds is 1. The number of ether oxygens (including phenoxy) is 1. The first-order chi connectivity index (χ1) is 10.4. The van der Waals surface area contributed by atoms with Crippen molar-refractivity contribution in [3.63, 3.8) is 0 Å². The van der Waals surface area contributed by atoms with E-state index in [4.69, 9.17) is 4.74 Å². The summed E-state index contributed by atoms with van der Waals surface area (Å²) >= 11 is 0. The van der Waals surface area contributed by atoms with Crippen molar-refractivity contribution in [2.24, 2.45) is 0 Å². The molecule has 0 spiro atoms. The van der Waals surface area contributed by atoms with Gasteiger partial charge in [0.2, 0.25) is 10.0 Å². The number of allylic oxidation sites excluding steroid dienone is 1. The number of hydrogen-bond donors (Lipinski definition) is 0. The second-order valence-electron chi connectivity index (χ2n) is 5.94. The topological polar surface area (TPSA) is 46.6 Å². The van der Waals surface area contributed by atoms with Gasteiger partial charge in [0, 0.05) is 12.6 Å². The van der Waals surface area contributed by atoms with Gasteiger partial charge in [-0.3, -0.25) is 0 Å². The van der Waals surface area contributed by atoms with Crippen molar-refractivity contribution in [3.05, 3.63) is 35.9 Å². The van der Waals surface area contributed by atoms with Crippen LogP contribution in [0.1, 0.15) is 38.7 Å². The molecule has 0 radical (unpaired) electrons. The average Bonchev–Trinajstić information content (AvgIpc) is 2.43. The molecular formula is C17H25NO3S. The van der Waals surface area contributed by atoms with Gasteiger partial charge in [-0.15, -0.1) is 0 Å². The van der Waals surface area contributed by atoms with E-state index in [2.05, 4.69) is 6.08 Å². The number of hydrogen-bond acceptors (Lipinski definition) is 3. The monoisotopic (exact) mass is 323 g/mol. The molecule has 5 heteroatoms. The minimum absolute atomic E-state index is 0.0716. The lowest BCUT2D eigenvalue weighted by Gasteiger charge is -2.27. The molecule has 0 N–H and O–H groups in total. The van der Waals surface area contributed by atoms with E-state index < -0.39 is 10.0 Å². The van der Waals surface area contributed by atoms with Gasteiger partial charge in [0.05, 0.1) is 0 Å². The van der Waals surface area contributed by atoms with Crippen LogP contribution in [-0.4, -0.2) is 31.9 Å². The number of benzene rings is 1. The SMILES string of the molecule is Cc1ccc2c(c1)OC/C=C/CCCCN(C(C)C)S2(=O)=O. The van der Waals surface area contributed by atoms with E-state index in [9.17, 15) is 8.42 Å². The Labute approximate surface area is 133 Å². The van der Waals surface area contributed by atoms with Crippen LogP contribution >= 0.6 is 0 Å². The molecule has 1 aliphatic rings. The summed E-state index contributed by atoms with van der Waals surface area (Å²) in [6.07, 6.45) is 6.86. The van der Waals surface area contributed by atoms with Crippen LogP contribution in [0.5, 0.6) is 5.75 Å². The maximum Gasteiger partial charge on any atom is 0.246 e. The van der Waals surface area contributed by atoms with Crippen molar-refractivity contribution in [3.8, 4) is 5.75 Å². The Balaban J connectivity index is 2.49. The van der Waals surface area contributed by atoms with Gasteiger partial charge >= 0.3 is 0 Å². The lowest BCUT2D eigenvalue weighted by molar-refractivity contribution is 0.331. The molecule has 1 aromatic carbocycles. The summed E-state index contributed by atoms with van der Waals surface area (Å²) in [4.78, 5) is 0.265. The number of fused-ring (bicyclic) bond motifs is 1. The van der Waals surface area contributed by atoms with E-state index in [1.165, 1.54) is 0 Å². The van der Waals surface area contributed by atoms with Gasteiger partial charge in [-0.25, -0.2) is 8.42 Å². The van der Waals surface area contributed by atoms with Crippen molar-refractivity contribution >= 4 is 10.0 Å². The van der Waals surface area contributed by atoms with E-state index in [0.717, 1.165) is 24.8 Å². The fraction of sp³-hybridized carbons (Fsp3) is 0.529. The van der Waals surface area contributed by atoms with Crippen LogP contribution < -0.4 is 4.74 Å². The van der Waals surface area contributed by atoms with Crippen LogP contribution in [0.4, 0.5) is 0 Å². The van der Waals surface area contributed by atoms with Gasteiger partial charge in [0.25, 0.3) is 0 Å². The molecule has 1 aliphatic heterocycles. The first-order valence-electron chi connectivity index (χ1n) is 7.83. The van der Waals surface area contributed by atoms with Crippen LogP contribution in [0.2, 0.25) is 0 Å². The summed E-state index contributed by atoms with van der Waals surface area (Å²) in [5, 5.41) is 0. The molecule has 0 aromatic heterocycles. The van der Waals surface area contributed by atoms with Crippen LogP contribution in [0.15, 0.2) is 35.2 Å². The highest BCUT2D eigenvalue weighted by Gasteiger charge is 2.29. The summed E-state index contributed by atoms with van der Waals surface area (Å²) in [6.45, 7) is 6.70. The highest BCUT2D eigenvalue weighted by atomic mass is 32.2. The molecule has 0 saturated carbocycles. The Hall–Kier alpha value is -1.33. The van der Waals surface area contributed by atoms with Crippen molar-refractivity contribution in [1.82, 2.24) is 4.31 Å². The molecule has 0 amide bonds. The van der Waals surface area contributed by atoms with Crippen LogP contribution in [0.25, 0.3) is 0 Å². The Morgan fingerprint density at radius 2 is 1.95 bits per heavy atom. The molecule has 2 rings (SSSR count). The Kier molecular flexibility index (Phi) is 5.64. The zero-order chi connectivity index (χ0) is 16.2. The molecule has 0 atom stereocenters. The first-order valence-corrected chi connectivity index (χ1v) is 9.27. The predicted molar refractivity (Wildman–Crippen MR) is 88.7 cm³/mol. The van der Waals surface area contributed by atoms with Crippen molar-refractivity contribution < 1.29 is 13.2 Å². The minimum Gasteiger partial charge on any atom is -0.488 e. The average molecular weight is 323 g/mol. The van der Waals surface area contributed by atoms with Gasteiger partial charge < -0.3 is 4.74 Å². The van der Waals surface area contributed by atoms with Crippen LogP contribution in [0.3, 0.4) is 0 Å². The molecule has 122 valence electrons. The fourth-order valence-corrected chi connectivity index (χ4v) is 4.37. The van der Waals surface area contributed by atoms with Gasteiger partial charge in [0.15, 0.2) is 0 Å². The number of nitrogens with zero attached hydrogens (tertiary/aromatic N) is 1. The quantitative estimate of drug-likeness (QED) is 0.743. The van der Waals surface area contributed by atoms with Gasteiger partial charge in [0.1, 0.15) is 17.3 Å². The smallest absolute Gasteiger partial charge is 0.246 e. The van der Waals surface area contributed by atoms with E-state index in [-0.39, 0.29) is 10.9 Å².